The zero-order valence-corrected chi connectivity index (χ0v) is 12.9. The minimum Gasteiger partial charge on any atom is -0.508 e. The Kier molecular flexibility index (Phi) is 4.65. The van der Waals surface area contributed by atoms with Gasteiger partial charge in [0.15, 0.2) is 10.3 Å². The van der Waals surface area contributed by atoms with Gasteiger partial charge in [-0.2, -0.15) is 0 Å². The van der Waals surface area contributed by atoms with Crippen LogP contribution in [0.2, 0.25) is 10.3 Å². The van der Waals surface area contributed by atoms with Crippen LogP contribution in [-0.4, -0.2) is 33.2 Å². The number of halogens is 2. The van der Waals surface area contributed by atoms with E-state index in [0.717, 1.165) is 0 Å². The predicted octanol–water partition coefficient (Wildman–Crippen LogP) is 3.32. The summed E-state index contributed by atoms with van der Waals surface area (Å²) in [5.41, 5.74) is 0.805. The molecule has 0 fully saturated rings. The SMILES string of the molecule is CC(c1ccccc1O)N(C)C(=O)c1cc(Cl)nnc1Cl. The second kappa shape index (κ2) is 6.28. The highest BCUT2D eigenvalue weighted by molar-refractivity contribution is 6.34. The first-order valence-corrected chi connectivity index (χ1v) is 6.91. The molecule has 1 atom stereocenters. The minimum atomic E-state index is -0.354. The molecule has 1 aromatic heterocycles. The molecule has 21 heavy (non-hydrogen) atoms. The molecule has 7 heteroatoms. The molecule has 0 aliphatic heterocycles. The molecular weight excluding hydrogens is 313 g/mol. The van der Waals surface area contributed by atoms with Crippen LogP contribution in [0, 0.1) is 0 Å². The van der Waals surface area contributed by atoms with Gasteiger partial charge in [0.2, 0.25) is 0 Å². The average Bonchev–Trinajstić information content (AvgIpc) is 2.48. The summed E-state index contributed by atoms with van der Waals surface area (Å²) in [5.74, 6) is -0.228. The van der Waals surface area contributed by atoms with Gasteiger partial charge < -0.3 is 10.0 Å². The summed E-state index contributed by atoms with van der Waals surface area (Å²) in [4.78, 5) is 13.9. The topological polar surface area (TPSA) is 66.3 Å². The number of carbonyl (C=O) groups excluding carboxylic acids is 1. The van der Waals surface area contributed by atoms with Crippen molar-refractivity contribution in [2.24, 2.45) is 0 Å². The number of aromatic nitrogens is 2. The summed E-state index contributed by atoms with van der Waals surface area (Å²) < 4.78 is 0. The van der Waals surface area contributed by atoms with Crippen LogP contribution in [0.15, 0.2) is 30.3 Å². The van der Waals surface area contributed by atoms with E-state index in [1.54, 1.807) is 38.2 Å². The van der Waals surface area contributed by atoms with Gasteiger partial charge in [-0.1, -0.05) is 41.4 Å². The maximum absolute atomic E-state index is 12.5. The van der Waals surface area contributed by atoms with Crippen LogP contribution in [-0.2, 0) is 0 Å². The molecule has 1 N–H and O–H groups in total. The number of phenolic OH excluding ortho intramolecular Hbond substituents is 1. The van der Waals surface area contributed by atoms with E-state index in [4.69, 9.17) is 23.2 Å². The number of nitrogens with zero attached hydrogens (tertiary/aromatic N) is 3. The molecule has 1 heterocycles. The lowest BCUT2D eigenvalue weighted by Gasteiger charge is -2.26. The van der Waals surface area contributed by atoms with Crippen LogP contribution < -0.4 is 0 Å². The number of rotatable bonds is 3. The van der Waals surface area contributed by atoms with Crippen molar-refractivity contribution in [2.45, 2.75) is 13.0 Å². The van der Waals surface area contributed by atoms with E-state index in [1.165, 1.54) is 11.0 Å². The Morgan fingerprint density at radius 3 is 2.62 bits per heavy atom. The highest BCUT2D eigenvalue weighted by Gasteiger charge is 2.23. The van der Waals surface area contributed by atoms with Crippen molar-refractivity contribution in [3.05, 3.63) is 51.8 Å². The van der Waals surface area contributed by atoms with Crippen molar-refractivity contribution in [3.8, 4) is 5.75 Å². The van der Waals surface area contributed by atoms with Gasteiger partial charge >= 0.3 is 0 Å². The summed E-state index contributed by atoms with van der Waals surface area (Å²) in [6.45, 7) is 1.80. The molecule has 0 bridgehead atoms. The van der Waals surface area contributed by atoms with Gasteiger partial charge in [-0.25, -0.2) is 0 Å². The molecule has 0 aliphatic rings. The van der Waals surface area contributed by atoms with Crippen LogP contribution in [0.4, 0.5) is 0 Å². The van der Waals surface area contributed by atoms with Crippen LogP contribution in [0.25, 0.3) is 0 Å². The molecular formula is C14H13Cl2N3O2. The molecule has 1 aromatic carbocycles. The average molecular weight is 326 g/mol. The Labute approximate surface area is 132 Å². The van der Waals surface area contributed by atoms with E-state index in [9.17, 15) is 9.90 Å². The molecule has 0 saturated carbocycles. The van der Waals surface area contributed by atoms with Crippen LogP contribution in [0.3, 0.4) is 0 Å². The summed E-state index contributed by atoms with van der Waals surface area (Å²) >= 11 is 11.6. The van der Waals surface area contributed by atoms with Gasteiger partial charge in [0, 0.05) is 12.6 Å². The summed E-state index contributed by atoms with van der Waals surface area (Å²) in [5, 5.41) is 17.1. The van der Waals surface area contributed by atoms with Crippen LogP contribution in [0.5, 0.6) is 5.75 Å². The summed E-state index contributed by atoms with van der Waals surface area (Å²) in [6, 6.07) is 7.86. The lowest BCUT2D eigenvalue weighted by atomic mass is 10.1. The van der Waals surface area contributed by atoms with E-state index < -0.39 is 0 Å². The fourth-order valence-electron chi connectivity index (χ4n) is 1.92. The van der Waals surface area contributed by atoms with Gasteiger partial charge in [0.05, 0.1) is 11.6 Å². The molecule has 1 amide bonds. The highest BCUT2D eigenvalue weighted by Crippen LogP contribution is 2.29. The highest BCUT2D eigenvalue weighted by atomic mass is 35.5. The third-order valence-corrected chi connectivity index (χ3v) is 3.70. The Bertz CT molecular complexity index is 679. The molecule has 110 valence electrons. The largest absolute Gasteiger partial charge is 0.508 e. The first-order valence-electron chi connectivity index (χ1n) is 6.15. The van der Waals surface area contributed by atoms with Gasteiger partial charge in [0.1, 0.15) is 5.75 Å². The van der Waals surface area contributed by atoms with E-state index in [-0.39, 0.29) is 33.6 Å². The summed E-state index contributed by atoms with van der Waals surface area (Å²) in [6.07, 6.45) is 0. The number of carbonyl (C=O) groups is 1. The molecule has 0 radical (unpaired) electrons. The van der Waals surface area contributed by atoms with Gasteiger partial charge in [-0.15, -0.1) is 10.2 Å². The number of amides is 1. The zero-order valence-electron chi connectivity index (χ0n) is 11.4. The van der Waals surface area contributed by atoms with Crippen molar-refractivity contribution in [1.82, 2.24) is 15.1 Å². The normalized spacial score (nSPS) is 12.0. The van der Waals surface area contributed by atoms with E-state index in [0.29, 0.717) is 5.56 Å². The Morgan fingerprint density at radius 2 is 1.95 bits per heavy atom. The van der Waals surface area contributed by atoms with E-state index in [2.05, 4.69) is 10.2 Å². The fraction of sp³-hybridized carbons (Fsp3) is 0.214. The number of aromatic hydroxyl groups is 1. The van der Waals surface area contributed by atoms with Crippen molar-refractivity contribution in [2.75, 3.05) is 7.05 Å². The third-order valence-electron chi connectivity index (χ3n) is 3.24. The van der Waals surface area contributed by atoms with Crippen LogP contribution in [0.1, 0.15) is 28.9 Å². The molecule has 0 spiro atoms. The Balaban J connectivity index is 2.31. The maximum atomic E-state index is 12.5. The monoisotopic (exact) mass is 325 g/mol. The molecule has 5 nitrogen and oxygen atoms in total. The number of phenols is 1. The number of para-hydroxylation sites is 1. The van der Waals surface area contributed by atoms with Crippen LogP contribution >= 0.6 is 23.2 Å². The van der Waals surface area contributed by atoms with Crippen molar-refractivity contribution in [3.63, 3.8) is 0 Å². The molecule has 1 unspecified atom stereocenters. The minimum absolute atomic E-state index is 0.0132. The van der Waals surface area contributed by atoms with Crippen molar-refractivity contribution >= 4 is 29.1 Å². The quantitative estimate of drug-likeness (QED) is 0.940. The van der Waals surface area contributed by atoms with Gasteiger partial charge in [-0.05, 0) is 19.1 Å². The zero-order chi connectivity index (χ0) is 15.6. The number of benzene rings is 1. The van der Waals surface area contributed by atoms with Crippen molar-refractivity contribution in [1.29, 1.82) is 0 Å². The Hall–Kier alpha value is -1.85. The number of hydrogen-bond donors (Lipinski definition) is 1. The van der Waals surface area contributed by atoms with Gasteiger partial charge in [-0.3, -0.25) is 4.79 Å². The first-order chi connectivity index (χ1) is 9.91. The Morgan fingerprint density at radius 1 is 1.29 bits per heavy atom. The summed E-state index contributed by atoms with van der Waals surface area (Å²) in [7, 11) is 1.62. The predicted molar refractivity (Wildman–Crippen MR) is 80.7 cm³/mol. The standard InChI is InChI=1S/C14H13Cl2N3O2/c1-8(9-5-3-4-6-11(9)20)19(2)14(21)10-7-12(15)17-18-13(10)16/h3-8,20H,1-2H3. The maximum Gasteiger partial charge on any atom is 0.257 e. The fourth-order valence-corrected chi connectivity index (χ4v) is 2.24. The molecule has 2 rings (SSSR count). The lowest BCUT2D eigenvalue weighted by molar-refractivity contribution is 0.0741. The lowest BCUT2D eigenvalue weighted by Crippen LogP contribution is -2.30. The molecule has 0 saturated heterocycles. The van der Waals surface area contributed by atoms with E-state index >= 15 is 0 Å². The second-order valence-corrected chi connectivity index (χ2v) is 5.27. The van der Waals surface area contributed by atoms with Crippen molar-refractivity contribution < 1.29 is 9.90 Å². The number of hydrogen-bond acceptors (Lipinski definition) is 4. The van der Waals surface area contributed by atoms with Gasteiger partial charge in [0.25, 0.3) is 5.91 Å². The third kappa shape index (κ3) is 3.25. The second-order valence-electron chi connectivity index (χ2n) is 4.52. The van der Waals surface area contributed by atoms with E-state index in [1.807, 2.05) is 0 Å². The first kappa shape index (κ1) is 15.5. The molecule has 0 aliphatic carbocycles. The molecule has 2 aromatic rings. The smallest absolute Gasteiger partial charge is 0.257 e.